The van der Waals surface area contributed by atoms with Crippen LogP contribution in [0.2, 0.25) is 0 Å². The van der Waals surface area contributed by atoms with Crippen molar-refractivity contribution in [3.63, 3.8) is 0 Å². The molecule has 4 heteroatoms. The van der Waals surface area contributed by atoms with Gasteiger partial charge in [-0.3, -0.25) is 9.59 Å². The lowest BCUT2D eigenvalue weighted by Gasteiger charge is -2.43. The van der Waals surface area contributed by atoms with E-state index >= 15 is 0 Å². The third-order valence-electron chi connectivity index (χ3n) is 4.38. The van der Waals surface area contributed by atoms with Gasteiger partial charge >= 0.3 is 0 Å². The van der Waals surface area contributed by atoms with Gasteiger partial charge in [-0.25, -0.2) is 0 Å². The minimum atomic E-state index is -0.314. The van der Waals surface area contributed by atoms with E-state index in [0.29, 0.717) is 6.42 Å². The molecule has 1 saturated heterocycles. The third-order valence-corrected chi connectivity index (χ3v) is 4.38. The second-order valence-electron chi connectivity index (χ2n) is 6.10. The fourth-order valence-electron chi connectivity index (χ4n) is 3.29. The molecule has 1 aliphatic heterocycles. The molecule has 0 spiro atoms. The van der Waals surface area contributed by atoms with Crippen LogP contribution < -0.4 is 5.32 Å². The highest BCUT2D eigenvalue weighted by molar-refractivity contribution is 5.97. The zero-order valence-electron chi connectivity index (χ0n) is 14.2. The summed E-state index contributed by atoms with van der Waals surface area (Å²) < 4.78 is 0. The second-order valence-corrected chi connectivity index (χ2v) is 6.10. The van der Waals surface area contributed by atoms with Gasteiger partial charge in [-0.05, 0) is 25.7 Å². The van der Waals surface area contributed by atoms with Gasteiger partial charge in [0.25, 0.3) is 0 Å². The summed E-state index contributed by atoms with van der Waals surface area (Å²) in [4.78, 5) is 27.1. The van der Waals surface area contributed by atoms with Crippen molar-refractivity contribution in [2.75, 3.05) is 0 Å². The Kier molecular flexibility index (Phi) is 7.76. The highest BCUT2D eigenvalue weighted by Crippen LogP contribution is 2.24. The van der Waals surface area contributed by atoms with E-state index in [1.54, 1.807) is 0 Å². The first kappa shape index (κ1) is 18.0. The average Bonchev–Trinajstić information content (AvgIpc) is 2.47. The van der Waals surface area contributed by atoms with Crippen LogP contribution in [0.25, 0.3) is 0 Å². The van der Waals surface area contributed by atoms with Gasteiger partial charge in [0, 0.05) is 6.04 Å². The summed E-state index contributed by atoms with van der Waals surface area (Å²) in [6, 6.07) is -0.372. The Bertz CT molecular complexity index is 344. The van der Waals surface area contributed by atoms with E-state index in [9.17, 15) is 9.59 Å². The minimum absolute atomic E-state index is 0.0353. The number of amides is 2. The normalized spacial score (nSPS) is 24.1. The van der Waals surface area contributed by atoms with Crippen molar-refractivity contribution in [3.05, 3.63) is 0 Å². The van der Waals surface area contributed by atoms with Gasteiger partial charge in [0.15, 0.2) is 0 Å². The Balaban J connectivity index is 2.97. The molecule has 3 unspecified atom stereocenters. The van der Waals surface area contributed by atoms with E-state index in [-0.39, 0.29) is 29.9 Å². The minimum Gasteiger partial charge on any atom is -0.343 e. The molecule has 1 aliphatic rings. The predicted molar refractivity (Wildman–Crippen MR) is 86.0 cm³/mol. The van der Waals surface area contributed by atoms with Crippen LogP contribution in [0.1, 0.15) is 79.1 Å². The Morgan fingerprint density at radius 2 is 1.76 bits per heavy atom. The van der Waals surface area contributed by atoms with Gasteiger partial charge in [-0.1, -0.05) is 53.4 Å². The summed E-state index contributed by atoms with van der Waals surface area (Å²) in [5.74, 6) is 0.172. The van der Waals surface area contributed by atoms with Crippen LogP contribution in [-0.4, -0.2) is 34.8 Å². The summed E-state index contributed by atoms with van der Waals surface area (Å²) in [6.07, 6.45) is 7.65. The molecule has 1 fully saturated rings. The van der Waals surface area contributed by atoms with Gasteiger partial charge in [-0.2, -0.15) is 0 Å². The molecule has 0 aromatic rings. The molecule has 0 bridgehead atoms. The Hall–Kier alpha value is -1.06. The standard InChI is InChI=1S/C17H32N2O2/c1-5-9-12-13(10-6-2)19-15(8-4)16(20)18-14(11-7-3)17(19)21/h13-15H,5-12H2,1-4H3,(H,18,20). The van der Waals surface area contributed by atoms with Gasteiger partial charge in [-0.15, -0.1) is 0 Å². The van der Waals surface area contributed by atoms with Crippen LogP contribution in [0.4, 0.5) is 0 Å². The number of hydrogen-bond donors (Lipinski definition) is 1. The smallest absolute Gasteiger partial charge is 0.246 e. The van der Waals surface area contributed by atoms with Crippen LogP contribution in [0.15, 0.2) is 0 Å². The molecular formula is C17H32N2O2. The van der Waals surface area contributed by atoms with E-state index in [4.69, 9.17) is 0 Å². The number of piperazine rings is 1. The molecule has 2 amide bonds. The molecule has 3 atom stereocenters. The largest absolute Gasteiger partial charge is 0.343 e. The van der Waals surface area contributed by atoms with E-state index < -0.39 is 0 Å². The number of carbonyl (C=O) groups excluding carboxylic acids is 2. The summed E-state index contributed by atoms with van der Waals surface area (Å²) in [5.41, 5.74) is 0. The van der Waals surface area contributed by atoms with Crippen LogP contribution in [0.3, 0.4) is 0 Å². The van der Waals surface area contributed by atoms with Gasteiger partial charge < -0.3 is 10.2 Å². The van der Waals surface area contributed by atoms with Crippen molar-refractivity contribution in [2.45, 2.75) is 97.2 Å². The maximum Gasteiger partial charge on any atom is 0.246 e. The molecule has 21 heavy (non-hydrogen) atoms. The Morgan fingerprint density at radius 1 is 1.05 bits per heavy atom. The van der Waals surface area contributed by atoms with Crippen LogP contribution in [-0.2, 0) is 9.59 Å². The maximum atomic E-state index is 12.8. The van der Waals surface area contributed by atoms with Crippen molar-refractivity contribution in [1.82, 2.24) is 10.2 Å². The predicted octanol–water partition coefficient (Wildman–Crippen LogP) is 3.25. The van der Waals surface area contributed by atoms with Crippen molar-refractivity contribution in [2.24, 2.45) is 0 Å². The Morgan fingerprint density at radius 3 is 2.29 bits per heavy atom. The lowest BCUT2D eigenvalue weighted by atomic mass is 9.95. The lowest BCUT2D eigenvalue weighted by molar-refractivity contribution is -0.153. The van der Waals surface area contributed by atoms with E-state index in [0.717, 1.165) is 44.9 Å². The van der Waals surface area contributed by atoms with Crippen molar-refractivity contribution in [1.29, 1.82) is 0 Å². The number of carbonyl (C=O) groups is 2. The second kappa shape index (κ2) is 9.06. The zero-order chi connectivity index (χ0) is 15.8. The van der Waals surface area contributed by atoms with Crippen molar-refractivity contribution < 1.29 is 9.59 Å². The first-order valence-corrected chi connectivity index (χ1v) is 8.73. The number of nitrogens with one attached hydrogen (secondary N) is 1. The van der Waals surface area contributed by atoms with Crippen LogP contribution in [0, 0.1) is 0 Å². The highest BCUT2D eigenvalue weighted by atomic mass is 16.2. The quantitative estimate of drug-likeness (QED) is 0.710. The first-order valence-electron chi connectivity index (χ1n) is 8.73. The monoisotopic (exact) mass is 296 g/mol. The molecule has 0 aromatic carbocycles. The lowest BCUT2D eigenvalue weighted by Crippen LogP contribution is -2.65. The molecule has 0 aliphatic carbocycles. The number of nitrogens with zero attached hydrogens (tertiary/aromatic N) is 1. The molecule has 4 nitrogen and oxygen atoms in total. The summed E-state index contributed by atoms with van der Waals surface area (Å²) >= 11 is 0. The SMILES string of the molecule is CCCCC(CCC)N1C(=O)C(CCC)NC(=O)C1CC. The summed E-state index contributed by atoms with van der Waals surface area (Å²) in [6.45, 7) is 8.37. The number of rotatable bonds is 9. The van der Waals surface area contributed by atoms with Crippen LogP contribution in [0.5, 0.6) is 0 Å². The first-order chi connectivity index (χ1) is 10.1. The number of unbranched alkanes of at least 4 members (excludes halogenated alkanes) is 1. The zero-order valence-corrected chi connectivity index (χ0v) is 14.2. The molecule has 0 aromatic heterocycles. The van der Waals surface area contributed by atoms with E-state index in [1.807, 2.05) is 11.8 Å². The highest BCUT2D eigenvalue weighted by Gasteiger charge is 2.41. The van der Waals surface area contributed by atoms with Crippen molar-refractivity contribution >= 4 is 11.8 Å². The molecule has 122 valence electrons. The Labute approximate surface area is 129 Å². The third kappa shape index (κ3) is 4.45. The topological polar surface area (TPSA) is 49.4 Å². The molecular weight excluding hydrogens is 264 g/mol. The van der Waals surface area contributed by atoms with Gasteiger partial charge in [0.2, 0.25) is 11.8 Å². The van der Waals surface area contributed by atoms with E-state index in [2.05, 4.69) is 26.1 Å². The molecule has 1 heterocycles. The summed E-state index contributed by atoms with van der Waals surface area (Å²) in [5, 5.41) is 2.92. The molecule has 1 rings (SSSR count). The average molecular weight is 296 g/mol. The van der Waals surface area contributed by atoms with Gasteiger partial charge in [0.05, 0.1) is 0 Å². The number of hydrogen-bond acceptors (Lipinski definition) is 2. The van der Waals surface area contributed by atoms with Crippen molar-refractivity contribution in [3.8, 4) is 0 Å². The van der Waals surface area contributed by atoms with E-state index in [1.165, 1.54) is 0 Å². The summed E-state index contributed by atoms with van der Waals surface area (Å²) in [7, 11) is 0. The molecule has 0 radical (unpaired) electrons. The molecule has 0 saturated carbocycles. The fraction of sp³-hybridized carbons (Fsp3) is 0.882. The molecule has 1 N–H and O–H groups in total. The maximum absolute atomic E-state index is 12.8. The fourth-order valence-corrected chi connectivity index (χ4v) is 3.29. The van der Waals surface area contributed by atoms with Crippen LogP contribution >= 0.6 is 0 Å². The van der Waals surface area contributed by atoms with Gasteiger partial charge in [0.1, 0.15) is 12.1 Å².